The number of hydrogen-bond donors (Lipinski definition) is 3. The molecule has 0 spiro atoms. The van der Waals surface area contributed by atoms with E-state index in [2.05, 4.69) is 16.0 Å². The van der Waals surface area contributed by atoms with Crippen LogP contribution in [-0.4, -0.2) is 48.9 Å². The summed E-state index contributed by atoms with van der Waals surface area (Å²) in [6, 6.07) is 6.53. The van der Waals surface area contributed by atoms with E-state index >= 15 is 0 Å². The van der Waals surface area contributed by atoms with Crippen molar-refractivity contribution < 1.29 is 14.4 Å². The van der Waals surface area contributed by atoms with Crippen LogP contribution in [0.3, 0.4) is 0 Å². The maximum absolute atomic E-state index is 12.1. The minimum Gasteiger partial charge on any atom is -0.355 e. The van der Waals surface area contributed by atoms with Crippen LogP contribution in [0.15, 0.2) is 24.3 Å². The predicted molar refractivity (Wildman–Crippen MR) is 90.5 cm³/mol. The van der Waals surface area contributed by atoms with Gasteiger partial charge in [0.15, 0.2) is 0 Å². The van der Waals surface area contributed by atoms with Crippen molar-refractivity contribution >= 4 is 17.8 Å². The normalized spacial score (nSPS) is 14.8. The summed E-state index contributed by atoms with van der Waals surface area (Å²) in [5.41, 5.74) is 1.57. The van der Waals surface area contributed by atoms with Gasteiger partial charge in [0.25, 0.3) is 5.91 Å². The van der Waals surface area contributed by atoms with Crippen LogP contribution in [0.4, 0.5) is 4.79 Å². The van der Waals surface area contributed by atoms with Gasteiger partial charge in [-0.3, -0.25) is 19.8 Å². The highest BCUT2D eigenvalue weighted by molar-refractivity contribution is 5.97. The number of likely N-dealkylation sites (N-methyl/N-ethyl adjacent to an activating group) is 1. The molecule has 2 rings (SSSR count). The monoisotopic (exact) mass is 332 g/mol. The molecule has 1 fully saturated rings. The van der Waals surface area contributed by atoms with E-state index in [-0.39, 0.29) is 17.9 Å². The number of hydrogen-bond acceptors (Lipinski definition) is 4. The van der Waals surface area contributed by atoms with Crippen LogP contribution < -0.4 is 16.0 Å². The Bertz CT molecular complexity index is 611. The molecule has 0 radical (unpaired) electrons. The molecule has 1 unspecified atom stereocenters. The summed E-state index contributed by atoms with van der Waals surface area (Å²) in [6.45, 7) is 2.28. The maximum Gasteiger partial charge on any atom is 0.321 e. The summed E-state index contributed by atoms with van der Waals surface area (Å²) < 4.78 is 0. The van der Waals surface area contributed by atoms with Crippen LogP contribution in [0, 0.1) is 0 Å². The average molecular weight is 332 g/mol. The second-order valence-corrected chi connectivity index (χ2v) is 6.10. The van der Waals surface area contributed by atoms with E-state index < -0.39 is 12.1 Å². The fraction of sp³-hybridized carbons (Fsp3) is 0.471. The Morgan fingerprint density at radius 3 is 2.38 bits per heavy atom. The van der Waals surface area contributed by atoms with Crippen LogP contribution in [0.1, 0.15) is 35.7 Å². The van der Waals surface area contributed by atoms with Crippen LogP contribution in [0.2, 0.25) is 0 Å². The van der Waals surface area contributed by atoms with Gasteiger partial charge in [-0.15, -0.1) is 0 Å². The Morgan fingerprint density at radius 1 is 1.21 bits per heavy atom. The first-order chi connectivity index (χ1) is 11.4. The topological polar surface area (TPSA) is 90.5 Å². The standard InChI is InChI=1S/C17H24N4O3/c1-11(15(22)20-17(24)19-14-8-9-14)21(3)10-12-4-6-13(7-5-12)16(23)18-2/h4-7,11,14H,8-10H2,1-3H3,(H,18,23)(H2,19,20,22,24). The number of carbonyl (C=O) groups is 3. The lowest BCUT2D eigenvalue weighted by molar-refractivity contribution is -0.124. The molecule has 0 aromatic heterocycles. The Labute approximate surface area is 141 Å². The molecule has 0 heterocycles. The molecule has 4 amide bonds. The summed E-state index contributed by atoms with van der Waals surface area (Å²) >= 11 is 0. The van der Waals surface area contributed by atoms with Crippen LogP contribution in [0.5, 0.6) is 0 Å². The van der Waals surface area contributed by atoms with E-state index in [1.54, 1.807) is 26.1 Å². The lowest BCUT2D eigenvalue weighted by Gasteiger charge is -2.23. The summed E-state index contributed by atoms with van der Waals surface area (Å²) in [5, 5.41) is 7.66. The van der Waals surface area contributed by atoms with Crippen molar-refractivity contribution in [3.05, 3.63) is 35.4 Å². The van der Waals surface area contributed by atoms with E-state index in [1.807, 2.05) is 24.1 Å². The summed E-state index contributed by atoms with van der Waals surface area (Å²) in [6.07, 6.45) is 1.95. The third kappa shape index (κ3) is 5.06. The fourth-order valence-corrected chi connectivity index (χ4v) is 2.20. The third-order valence-electron chi connectivity index (χ3n) is 4.07. The molecule has 1 atom stereocenters. The van der Waals surface area contributed by atoms with Gasteiger partial charge < -0.3 is 10.6 Å². The van der Waals surface area contributed by atoms with Crippen LogP contribution >= 0.6 is 0 Å². The zero-order valence-electron chi connectivity index (χ0n) is 14.3. The van der Waals surface area contributed by atoms with Gasteiger partial charge in [-0.05, 0) is 44.5 Å². The molecule has 0 bridgehead atoms. The van der Waals surface area contributed by atoms with Gasteiger partial charge in [0, 0.05) is 25.2 Å². The molecule has 7 nitrogen and oxygen atoms in total. The van der Waals surface area contributed by atoms with Gasteiger partial charge in [0.05, 0.1) is 6.04 Å². The SMILES string of the molecule is CNC(=O)c1ccc(CN(C)C(C)C(=O)NC(=O)NC2CC2)cc1. The smallest absolute Gasteiger partial charge is 0.321 e. The van der Waals surface area contributed by atoms with Gasteiger partial charge in [-0.2, -0.15) is 0 Å². The van der Waals surface area contributed by atoms with E-state index in [4.69, 9.17) is 0 Å². The second kappa shape index (κ2) is 7.92. The number of nitrogens with zero attached hydrogens (tertiary/aromatic N) is 1. The first kappa shape index (κ1) is 17.9. The molecule has 1 aliphatic rings. The lowest BCUT2D eigenvalue weighted by atomic mass is 10.1. The molecule has 1 aliphatic carbocycles. The zero-order chi connectivity index (χ0) is 17.7. The molecule has 1 aromatic rings. The van der Waals surface area contributed by atoms with Gasteiger partial charge in [-0.1, -0.05) is 12.1 Å². The molecule has 1 saturated carbocycles. The van der Waals surface area contributed by atoms with Crippen molar-refractivity contribution in [2.45, 2.75) is 38.4 Å². The third-order valence-corrected chi connectivity index (χ3v) is 4.07. The molecule has 1 aromatic carbocycles. The number of rotatable bonds is 6. The van der Waals surface area contributed by atoms with Crippen molar-refractivity contribution in [1.29, 1.82) is 0 Å². The Balaban J connectivity index is 1.85. The molecular weight excluding hydrogens is 308 g/mol. The maximum atomic E-state index is 12.1. The molecule has 130 valence electrons. The van der Waals surface area contributed by atoms with Gasteiger partial charge in [0.2, 0.25) is 5.91 Å². The summed E-state index contributed by atoms with van der Waals surface area (Å²) in [4.78, 5) is 37.1. The second-order valence-electron chi connectivity index (χ2n) is 6.10. The molecule has 3 N–H and O–H groups in total. The Hall–Kier alpha value is -2.41. The number of urea groups is 1. The number of nitrogens with one attached hydrogen (secondary N) is 3. The predicted octanol–water partition coefficient (Wildman–Crippen LogP) is 0.855. The number of benzene rings is 1. The highest BCUT2D eigenvalue weighted by atomic mass is 16.2. The Kier molecular flexibility index (Phi) is 5.92. The zero-order valence-corrected chi connectivity index (χ0v) is 14.3. The van der Waals surface area contributed by atoms with Crippen LogP contribution in [-0.2, 0) is 11.3 Å². The van der Waals surface area contributed by atoms with Crippen molar-refractivity contribution in [3.63, 3.8) is 0 Å². The first-order valence-electron chi connectivity index (χ1n) is 8.03. The minimum atomic E-state index is -0.450. The van der Waals surface area contributed by atoms with Gasteiger partial charge >= 0.3 is 6.03 Å². The fourth-order valence-electron chi connectivity index (χ4n) is 2.20. The van der Waals surface area contributed by atoms with E-state index in [0.29, 0.717) is 12.1 Å². The quantitative estimate of drug-likeness (QED) is 0.720. The minimum absolute atomic E-state index is 0.135. The van der Waals surface area contributed by atoms with Crippen molar-refractivity contribution in [3.8, 4) is 0 Å². The molecule has 0 saturated heterocycles. The molecule has 24 heavy (non-hydrogen) atoms. The van der Waals surface area contributed by atoms with Crippen molar-refractivity contribution in [1.82, 2.24) is 20.9 Å². The van der Waals surface area contributed by atoms with Gasteiger partial charge in [0.1, 0.15) is 0 Å². The van der Waals surface area contributed by atoms with Crippen molar-refractivity contribution in [2.24, 2.45) is 0 Å². The highest BCUT2D eigenvalue weighted by Crippen LogP contribution is 2.18. The largest absolute Gasteiger partial charge is 0.355 e. The van der Waals surface area contributed by atoms with Crippen molar-refractivity contribution in [2.75, 3.05) is 14.1 Å². The van der Waals surface area contributed by atoms with Gasteiger partial charge in [-0.25, -0.2) is 4.79 Å². The molecular formula is C17H24N4O3. The lowest BCUT2D eigenvalue weighted by Crippen LogP contribution is -2.48. The van der Waals surface area contributed by atoms with E-state index in [9.17, 15) is 14.4 Å². The van der Waals surface area contributed by atoms with Crippen LogP contribution in [0.25, 0.3) is 0 Å². The summed E-state index contributed by atoms with van der Waals surface area (Å²) in [5.74, 6) is -0.470. The number of carbonyl (C=O) groups excluding carboxylic acids is 3. The highest BCUT2D eigenvalue weighted by Gasteiger charge is 2.25. The molecule has 0 aliphatic heterocycles. The average Bonchev–Trinajstić information content (AvgIpc) is 3.37. The van der Waals surface area contributed by atoms with E-state index in [1.165, 1.54) is 0 Å². The number of amides is 4. The Morgan fingerprint density at radius 2 is 1.83 bits per heavy atom. The number of imide groups is 1. The summed E-state index contributed by atoms with van der Waals surface area (Å²) in [7, 11) is 3.40. The van der Waals surface area contributed by atoms with E-state index in [0.717, 1.165) is 18.4 Å². The molecule has 7 heteroatoms. The first-order valence-corrected chi connectivity index (χ1v) is 8.03.